The highest BCUT2D eigenvalue weighted by atomic mass is 16.3. The highest BCUT2D eigenvalue weighted by molar-refractivity contribution is 5.15. The second-order valence-corrected chi connectivity index (χ2v) is 7.17. The third kappa shape index (κ3) is 3.84. The van der Waals surface area contributed by atoms with E-state index in [0.29, 0.717) is 18.4 Å². The van der Waals surface area contributed by atoms with Crippen molar-refractivity contribution in [2.45, 2.75) is 51.7 Å². The quantitative estimate of drug-likeness (QED) is 0.809. The first-order valence-corrected chi connectivity index (χ1v) is 8.87. The molecule has 130 valence electrons. The summed E-state index contributed by atoms with van der Waals surface area (Å²) in [6, 6.07) is 10.7. The highest BCUT2D eigenvalue weighted by Crippen LogP contribution is 2.36. The van der Waals surface area contributed by atoms with Crippen LogP contribution in [0, 0.1) is 5.92 Å². The van der Waals surface area contributed by atoms with E-state index < -0.39 is 0 Å². The van der Waals surface area contributed by atoms with Crippen molar-refractivity contribution >= 4 is 0 Å². The molecule has 0 bridgehead atoms. The molecule has 0 aliphatic heterocycles. The standard InChI is InChI=1S/C19H28N4O/c1-14(2)19-21-20-18(22(19)3)12-23(17(13-24)16-9-10-16)11-15-7-5-4-6-8-15/h4-8,14,16-17,24H,9-13H2,1-3H3. The Morgan fingerprint density at radius 2 is 1.88 bits per heavy atom. The van der Waals surface area contributed by atoms with Crippen molar-refractivity contribution in [1.82, 2.24) is 19.7 Å². The normalized spacial score (nSPS) is 16.1. The fourth-order valence-corrected chi connectivity index (χ4v) is 3.35. The fourth-order valence-electron chi connectivity index (χ4n) is 3.35. The van der Waals surface area contributed by atoms with Crippen molar-refractivity contribution in [2.75, 3.05) is 6.61 Å². The molecule has 5 nitrogen and oxygen atoms in total. The molecule has 1 aromatic carbocycles. The molecule has 1 atom stereocenters. The number of hydrogen-bond acceptors (Lipinski definition) is 4. The van der Waals surface area contributed by atoms with Crippen LogP contribution in [0.4, 0.5) is 0 Å². The smallest absolute Gasteiger partial charge is 0.146 e. The first-order chi connectivity index (χ1) is 11.6. The Morgan fingerprint density at radius 3 is 2.42 bits per heavy atom. The first kappa shape index (κ1) is 17.1. The maximum Gasteiger partial charge on any atom is 0.146 e. The monoisotopic (exact) mass is 328 g/mol. The van der Waals surface area contributed by atoms with Crippen LogP contribution in [0.3, 0.4) is 0 Å². The van der Waals surface area contributed by atoms with E-state index in [2.05, 4.69) is 57.8 Å². The van der Waals surface area contributed by atoms with Crippen molar-refractivity contribution in [3.05, 3.63) is 47.5 Å². The maximum absolute atomic E-state index is 9.94. The van der Waals surface area contributed by atoms with Gasteiger partial charge >= 0.3 is 0 Å². The number of hydrogen-bond donors (Lipinski definition) is 1. The summed E-state index contributed by atoms with van der Waals surface area (Å²) in [6.07, 6.45) is 2.43. The van der Waals surface area contributed by atoms with Crippen LogP contribution >= 0.6 is 0 Å². The summed E-state index contributed by atoms with van der Waals surface area (Å²) in [5, 5.41) is 18.7. The average molecular weight is 328 g/mol. The average Bonchev–Trinajstić information content (AvgIpc) is 3.33. The summed E-state index contributed by atoms with van der Waals surface area (Å²) in [5.74, 6) is 2.94. The zero-order chi connectivity index (χ0) is 17.1. The van der Waals surface area contributed by atoms with Gasteiger partial charge in [0.25, 0.3) is 0 Å². The molecule has 24 heavy (non-hydrogen) atoms. The van der Waals surface area contributed by atoms with Crippen molar-refractivity contribution in [1.29, 1.82) is 0 Å². The van der Waals surface area contributed by atoms with Gasteiger partial charge in [0, 0.05) is 25.6 Å². The number of aliphatic hydroxyl groups is 1. The molecule has 1 heterocycles. The van der Waals surface area contributed by atoms with E-state index in [4.69, 9.17) is 0 Å². The molecular weight excluding hydrogens is 300 g/mol. The molecule has 0 radical (unpaired) electrons. The SMILES string of the molecule is CC(C)c1nnc(CN(Cc2ccccc2)C(CO)C2CC2)n1C. The van der Waals surface area contributed by atoms with Gasteiger partial charge in [-0.3, -0.25) is 4.90 Å². The van der Waals surface area contributed by atoms with Gasteiger partial charge < -0.3 is 9.67 Å². The minimum atomic E-state index is 0.199. The number of aliphatic hydroxyl groups excluding tert-OH is 1. The van der Waals surface area contributed by atoms with Gasteiger partial charge in [0.2, 0.25) is 0 Å². The van der Waals surface area contributed by atoms with Crippen LogP contribution in [0.5, 0.6) is 0 Å². The molecular formula is C19H28N4O. The Hall–Kier alpha value is -1.72. The predicted octanol–water partition coefficient (Wildman–Crippen LogP) is 2.71. The van der Waals surface area contributed by atoms with E-state index in [9.17, 15) is 5.11 Å². The Morgan fingerprint density at radius 1 is 1.17 bits per heavy atom. The lowest BCUT2D eigenvalue weighted by atomic mass is 10.1. The lowest BCUT2D eigenvalue weighted by Gasteiger charge is -2.30. The van der Waals surface area contributed by atoms with Gasteiger partial charge in [-0.15, -0.1) is 10.2 Å². The van der Waals surface area contributed by atoms with Crippen LogP contribution in [0.1, 0.15) is 49.8 Å². The molecule has 1 fully saturated rings. The molecule has 0 saturated heterocycles. The largest absolute Gasteiger partial charge is 0.395 e. The lowest BCUT2D eigenvalue weighted by Crippen LogP contribution is -2.39. The molecule has 0 amide bonds. The van der Waals surface area contributed by atoms with Crippen LogP contribution in [0.25, 0.3) is 0 Å². The highest BCUT2D eigenvalue weighted by Gasteiger charge is 2.35. The Balaban J connectivity index is 1.81. The molecule has 2 aromatic rings. The van der Waals surface area contributed by atoms with Gasteiger partial charge in [-0.2, -0.15) is 0 Å². The summed E-state index contributed by atoms with van der Waals surface area (Å²) in [7, 11) is 2.04. The summed E-state index contributed by atoms with van der Waals surface area (Å²) in [6.45, 7) is 6.01. The van der Waals surface area contributed by atoms with Crippen LogP contribution < -0.4 is 0 Å². The maximum atomic E-state index is 9.94. The number of aromatic nitrogens is 3. The first-order valence-electron chi connectivity index (χ1n) is 8.87. The van der Waals surface area contributed by atoms with Gasteiger partial charge in [0.05, 0.1) is 13.2 Å². The molecule has 5 heteroatoms. The van der Waals surface area contributed by atoms with E-state index in [0.717, 1.165) is 18.2 Å². The van der Waals surface area contributed by atoms with Gasteiger partial charge in [-0.25, -0.2) is 0 Å². The van der Waals surface area contributed by atoms with Gasteiger partial charge in [0.15, 0.2) is 0 Å². The zero-order valence-corrected chi connectivity index (χ0v) is 14.9. The van der Waals surface area contributed by atoms with E-state index in [1.165, 1.54) is 18.4 Å². The number of nitrogens with zero attached hydrogens (tertiary/aromatic N) is 4. The fraction of sp³-hybridized carbons (Fsp3) is 0.579. The molecule has 1 unspecified atom stereocenters. The zero-order valence-electron chi connectivity index (χ0n) is 14.9. The van der Waals surface area contributed by atoms with Gasteiger partial charge in [-0.1, -0.05) is 44.2 Å². The van der Waals surface area contributed by atoms with Crippen LogP contribution in [0.2, 0.25) is 0 Å². The van der Waals surface area contributed by atoms with E-state index in [-0.39, 0.29) is 12.6 Å². The van der Waals surface area contributed by atoms with Gasteiger partial charge in [-0.05, 0) is 24.3 Å². The number of benzene rings is 1. The van der Waals surface area contributed by atoms with Crippen molar-refractivity contribution in [2.24, 2.45) is 13.0 Å². The molecule has 1 N–H and O–H groups in total. The topological polar surface area (TPSA) is 54.2 Å². The minimum absolute atomic E-state index is 0.199. The molecule has 0 spiro atoms. The predicted molar refractivity (Wildman–Crippen MR) is 94.4 cm³/mol. The lowest BCUT2D eigenvalue weighted by molar-refractivity contribution is 0.0912. The third-order valence-corrected chi connectivity index (χ3v) is 4.91. The van der Waals surface area contributed by atoms with E-state index in [1.54, 1.807) is 0 Å². The number of rotatable bonds is 8. The molecule has 1 aliphatic rings. The molecule has 3 rings (SSSR count). The van der Waals surface area contributed by atoms with Crippen molar-refractivity contribution in [3.8, 4) is 0 Å². The van der Waals surface area contributed by atoms with Crippen molar-refractivity contribution < 1.29 is 5.11 Å². The van der Waals surface area contributed by atoms with Crippen molar-refractivity contribution in [3.63, 3.8) is 0 Å². The van der Waals surface area contributed by atoms with Crippen LogP contribution in [-0.4, -0.2) is 37.4 Å². The Kier molecular flexibility index (Phi) is 5.31. The summed E-state index contributed by atoms with van der Waals surface area (Å²) >= 11 is 0. The minimum Gasteiger partial charge on any atom is -0.395 e. The molecule has 1 aliphatic carbocycles. The van der Waals surface area contributed by atoms with E-state index in [1.807, 2.05) is 13.1 Å². The Labute approximate surface area is 144 Å². The summed E-state index contributed by atoms with van der Waals surface area (Å²) < 4.78 is 2.10. The second kappa shape index (κ2) is 7.45. The van der Waals surface area contributed by atoms with Gasteiger partial charge in [0.1, 0.15) is 11.6 Å². The third-order valence-electron chi connectivity index (χ3n) is 4.91. The van der Waals surface area contributed by atoms with E-state index >= 15 is 0 Å². The molecule has 1 aromatic heterocycles. The summed E-state index contributed by atoms with van der Waals surface area (Å²) in [5.41, 5.74) is 1.27. The molecule has 1 saturated carbocycles. The van der Waals surface area contributed by atoms with Crippen LogP contribution in [0.15, 0.2) is 30.3 Å². The summed E-state index contributed by atoms with van der Waals surface area (Å²) in [4.78, 5) is 2.36. The van der Waals surface area contributed by atoms with Crippen LogP contribution in [-0.2, 0) is 20.1 Å². The Bertz CT molecular complexity index is 649. The second-order valence-electron chi connectivity index (χ2n) is 7.17.